The van der Waals surface area contributed by atoms with Crippen molar-refractivity contribution < 1.29 is 8.78 Å². The number of nitrogens with zero attached hydrogens (tertiary/aromatic N) is 3. The van der Waals surface area contributed by atoms with Gasteiger partial charge in [0.15, 0.2) is 5.15 Å². The average molecular weight is 396 g/mol. The van der Waals surface area contributed by atoms with Crippen LogP contribution in [0, 0.1) is 11.6 Å². The highest BCUT2D eigenvalue weighted by Crippen LogP contribution is 2.20. The second kappa shape index (κ2) is 7.32. The molecule has 4 aromatic rings. The Morgan fingerprint density at radius 1 is 0.964 bits per heavy atom. The summed E-state index contributed by atoms with van der Waals surface area (Å²) in [6, 6.07) is 12.9. The predicted octanol–water partition coefficient (Wildman–Crippen LogP) is 4.88. The third-order valence-corrected chi connectivity index (χ3v) is 4.42. The van der Waals surface area contributed by atoms with Gasteiger partial charge in [-0.1, -0.05) is 29.8 Å². The average Bonchev–Trinajstić information content (AvgIpc) is 2.69. The number of halogens is 3. The lowest BCUT2D eigenvalue weighted by Crippen LogP contribution is -2.23. The Labute approximate surface area is 163 Å². The smallest absolute Gasteiger partial charge is 0.266 e. The first-order chi connectivity index (χ1) is 13.5. The van der Waals surface area contributed by atoms with Gasteiger partial charge < -0.3 is 0 Å². The number of rotatable bonds is 3. The topological polar surface area (TPSA) is 47.8 Å². The first-order valence-corrected chi connectivity index (χ1v) is 8.67. The fourth-order valence-electron chi connectivity index (χ4n) is 2.81. The molecule has 2 aromatic carbocycles. The molecule has 0 fully saturated rings. The van der Waals surface area contributed by atoms with Crippen molar-refractivity contribution in [2.24, 2.45) is 0 Å². The predicted molar refractivity (Wildman–Crippen MR) is 105 cm³/mol. The third kappa shape index (κ3) is 3.42. The minimum Gasteiger partial charge on any atom is -0.268 e. The van der Waals surface area contributed by atoms with Crippen LogP contribution in [-0.4, -0.2) is 14.5 Å². The van der Waals surface area contributed by atoms with Gasteiger partial charge in [0.25, 0.3) is 5.56 Å². The van der Waals surface area contributed by atoms with Crippen LogP contribution in [0.2, 0.25) is 5.15 Å². The van der Waals surface area contributed by atoms with E-state index in [1.807, 2.05) is 0 Å². The summed E-state index contributed by atoms with van der Waals surface area (Å²) in [7, 11) is 0. The molecular formula is C21H12ClF2N3O. The molecule has 0 saturated carbocycles. The molecule has 0 amide bonds. The quantitative estimate of drug-likeness (QED) is 0.464. The van der Waals surface area contributed by atoms with Crippen LogP contribution in [0.1, 0.15) is 11.4 Å². The molecule has 0 unspecified atom stereocenters. The van der Waals surface area contributed by atoms with Gasteiger partial charge in [-0.15, -0.1) is 0 Å². The van der Waals surface area contributed by atoms with E-state index >= 15 is 0 Å². The number of hydrogen-bond donors (Lipinski definition) is 0. The van der Waals surface area contributed by atoms with Crippen LogP contribution in [0.15, 0.2) is 65.6 Å². The van der Waals surface area contributed by atoms with E-state index in [0.29, 0.717) is 11.2 Å². The molecule has 0 aliphatic carbocycles. The first kappa shape index (κ1) is 18.0. The van der Waals surface area contributed by atoms with Gasteiger partial charge >= 0.3 is 0 Å². The fraction of sp³-hybridized carbons (Fsp3) is 0. The summed E-state index contributed by atoms with van der Waals surface area (Å²) < 4.78 is 28.1. The Morgan fingerprint density at radius 2 is 1.71 bits per heavy atom. The number of fused-ring (bicyclic) bond motifs is 1. The van der Waals surface area contributed by atoms with E-state index in [-0.39, 0.29) is 22.2 Å². The fourth-order valence-corrected chi connectivity index (χ4v) is 3.01. The van der Waals surface area contributed by atoms with Gasteiger partial charge in [0.1, 0.15) is 17.5 Å². The van der Waals surface area contributed by atoms with Crippen molar-refractivity contribution in [3.05, 3.63) is 99.3 Å². The molecule has 2 heterocycles. The Morgan fingerprint density at radius 3 is 2.46 bits per heavy atom. The van der Waals surface area contributed by atoms with E-state index in [0.717, 1.165) is 11.6 Å². The molecule has 7 heteroatoms. The van der Waals surface area contributed by atoms with Gasteiger partial charge in [0.2, 0.25) is 0 Å². The summed E-state index contributed by atoms with van der Waals surface area (Å²) in [5, 5.41) is 0.234. The highest BCUT2D eigenvalue weighted by atomic mass is 35.5. The zero-order chi connectivity index (χ0) is 19.7. The van der Waals surface area contributed by atoms with Crippen molar-refractivity contribution in [3.63, 3.8) is 0 Å². The van der Waals surface area contributed by atoms with E-state index < -0.39 is 11.4 Å². The largest absolute Gasteiger partial charge is 0.268 e. The highest BCUT2D eigenvalue weighted by molar-refractivity contribution is 6.31. The standard InChI is InChI=1S/C21H12ClF2N3O/c22-20-18(2-1-11-25-20)27-19(10-5-13-3-6-14(23)7-4-13)26-17-9-8-15(24)12-16(17)21(27)28/h1-12H. The third-order valence-electron chi connectivity index (χ3n) is 4.13. The lowest BCUT2D eigenvalue weighted by molar-refractivity contribution is 0.627. The summed E-state index contributed by atoms with van der Waals surface area (Å²) in [4.78, 5) is 21.6. The van der Waals surface area contributed by atoms with Gasteiger partial charge in [-0.25, -0.2) is 18.7 Å². The lowest BCUT2D eigenvalue weighted by atomic mass is 10.2. The molecule has 0 spiro atoms. The monoisotopic (exact) mass is 395 g/mol. The Kier molecular flexibility index (Phi) is 4.71. The van der Waals surface area contributed by atoms with Crippen molar-refractivity contribution >= 4 is 34.7 Å². The maximum Gasteiger partial charge on any atom is 0.266 e. The van der Waals surface area contributed by atoms with Crippen molar-refractivity contribution in [2.45, 2.75) is 0 Å². The van der Waals surface area contributed by atoms with Crippen LogP contribution in [-0.2, 0) is 0 Å². The van der Waals surface area contributed by atoms with Crippen molar-refractivity contribution in [1.29, 1.82) is 0 Å². The molecule has 4 rings (SSSR count). The highest BCUT2D eigenvalue weighted by Gasteiger charge is 2.14. The molecule has 2 aromatic heterocycles. The van der Waals surface area contributed by atoms with Crippen molar-refractivity contribution in [1.82, 2.24) is 14.5 Å². The molecule has 28 heavy (non-hydrogen) atoms. The Bertz CT molecular complexity index is 1270. The number of hydrogen-bond acceptors (Lipinski definition) is 3. The summed E-state index contributed by atoms with van der Waals surface area (Å²) >= 11 is 6.18. The number of benzene rings is 2. The molecule has 0 aliphatic rings. The minimum atomic E-state index is -0.537. The first-order valence-electron chi connectivity index (χ1n) is 8.30. The SMILES string of the molecule is O=c1c2cc(F)ccc2nc(C=Cc2ccc(F)cc2)n1-c1cccnc1Cl. The number of aromatic nitrogens is 3. The van der Waals surface area contributed by atoms with E-state index in [1.165, 1.54) is 35.0 Å². The van der Waals surface area contributed by atoms with Crippen LogP contribution < -0.4 is 5.56 Å². The summed E-state index contributed by atoms with van der Waals surface area (Å²) in [5.41, 5.74) is 0.921. The minimum absolute atomic E-state index is 0.110. The second-order valence-electron chi connectivity index (χ2n) is 5.97. The normalized spacial score (nSPS) is 11.4. The van der Waals surface area contributed by atoms with Gasteiger partial charge in [0.05, 0.1) is 16.6 Å². The zero-order valence-corrected chi connectivity index (χ0v) is 15.1. The molecule has 0 bridgehead atoms. The van der Waals surface area contributed by atoms with Gasteiger partial charge in [-0.3, -0.25) is 9.36 Å². The van der Waals surface area contributed by atoms with E-state index in [2.05, 4.69) is 9.97 Å². The van der Waals surface area contributed by atoms with E-state index in [9.17, 15) is 13.6 Å². The molecule has 138 valence electrons. The van der Waals surface area contributed by atoms with E-state index in [4.69, 9.17) is 11.6 Å². The molecule has 0 aliphatic heterocycles. The van der Waals surface area contributed by atoms with Crippen LogP contribution >= 0.6 is 11.6 Å². The van der Waals surface area contributed by atoms with Crippen LogP contribution in [0.25, 0.3) is 28.7 Å². The maximum absolute atomic E-state index is 13.7. The molecular weight excluding hydrogens is 384 g/mol. The van der Waals surface area contributed by atoms with Gasteiger partial charge in [-0.05, 0) is 54.1 Å². The second-order valence-corrected chi connectivity index (χ2v) is 6.33. The van der Waals surface area contributed by atoms with Gasteiger partial charge in [0, 0.05) is 6.20 Å². The summed E-state index contributed by atoms with van der Waals surface area (Å²) in [5.74, 6) is -0.602. The molecule has 4 nitrogen and oxygen atoms in total. The number of pyridine rings is 1. The maximum atomic E-state index is 13.7. The Hall–Kier alpha value is -3.38. The van der Waals surface area contributed by atoms with Crippen molar-refractivity contribution in [2.75, 3.05) is 0 Å². The molecule has 0 atom stereocenters. The Balaban J connectivity index is 1.97. The molecule has 0 N–H and O–H groups in total. The molecule has 0 saturated heterocycles. The lowest BCUT2D eigenvalue weighted by Gasteiger charge is -2.12. The zero-order valence-electron chi connectivity index (χ0n) is 14.3. The summed E-state index contributed by atoms with van der Waals surface area (Å²) in [6.07, 6.45) is 4.80. The van der Waals surface area contributed by atoms with Gasteiger partial charge in [-0.2, -0.15) is 0 Å². The van der Waals surface area contributed by atoms with Crippen LogP contribution in [0.3, 0.4) is 0 Å². The molecule has 0 radical (unpaired) electrons. The van der Waals surface area contributed by atoms with Crippen molar-refractivity contribution in [3.8, 4) is 5.69 Å². The summed E-state index contributed by atoms with van der Waals surface area (Å²) in [6.45, 7) is 0. The van der Waals surface area contributed by atoms with E-state index in [1.54, 1.807) is 36.4 Å². The van der Waals surface area contributed by atoms with Crippen LogP contribution in [0.5, 0.6) is 0 Å². The van der Waals surface area contributed by atoms with Crippen LogP contribution in [0.4, 0.5) is 8.78 Å².